The van der Waals surface area contributed by atoms with Gasteiger partial charge in [-0.2, -0.15) is 5.10 Å². The van der Waals surface area contributed by atoms with E-state index < -0.39 is 0 Å². The highest BCUT2D eigenvalue weighted by molar-refractivity contribution is 5.41. The van der Waals surface area contributed by atoms with Gasteiger partial charge in [0, 0.05) is 30.0 Å². The highest BCUT2D eigenvalue weighted by Gasteiger charge is 2.12. The van der Waals surface area contributed by atoms with E-state index in [1.54, 1.807) is 0 Å². The third kappa shape index (κ3) is 3.20. The minimum absolute atomic E-state index is 0.452. The summed E-state index contributed by atoms with van der Waals surface area (Å²) in [6.07, 6.45) is 3.87. The standard InChI is InChI=1S/C15H22N4/c1-10(2)16-8-14-12(4)6-13(5)18-15(14)19-9-11(3)7-17-19/h6-7,9-10,16H,8H2,1-5H3. The van der Waals surface area contributed by atoms with Gasteiger partial charge in [-0.05, 0) is 38.0 Å². The fraction of sp³-hybridized carbons (Fsp3) is 0.467. The molecule has 0 aromatic carbocycles. The summed E-state index contributed by atoms with van der Waals surface area (Å²) < 4.78 is 1.87. The molecule has 0 aliphatic rings. The van der Waals surface area contributed by atoms with Crippen LogP contribution in [0.3, 0.4) is 0 Å². The Morgan fingerprint density at radius 3 is 2.58 bits per heavy atom. The van der Waals surface area contributed by atoms with E-state index in [-0.39, 0.29) is 0 Å². The maximum atomic E-state index is 4.66. The molecule has 4 nitrogen and oxygen atoms in total. The Hall–Kier alpha value is -1.68. The van der Waals surface area contributed by atoms with Gasteiger partial charge in [-0.3, -0.25) is 0 Å². The summed E-state index contributed by atoms with van der Waals surface area (Å²) >= 11 is 0. The Balaban J connectivity index is 2.45. The van der Waals surface area contributed by atoms with Gasteiger partial charge in [0.05, 0.1) is 6.20 Å². The molecular weight excluding hydrogens is 236 g/mol. The van der Waals surface area contributed by atoms with Crippen molar-refractivity contribution in [1.82, 2.24) is 20.1 Å². The maximum absolute atomic E-state index is 4.66. The van der Waals surface area contributed by atoms with Crippen LogP contribution in [-0.2, 0) is 6.54 Å². The van der Waals surface area contributed by atoms with E-state index in [1.807, 2.05) is 30.9 Å². The van der Waals surface area contributed by atoms with Gasteiger partial charge in [0.15, 0.2) is 5.82 Å². The van der Waals surface area contributed by atoms with Crippen molar-refractivity contribution in [3.8, 4) is 5.82 Å². The van der Waals surface area contributed by atoms with E-state index >= 15 is 0 Å². The van der Waals surface area contributed by atoms with Crippen LogP contribution in [0.1, 0.15) is 36.2 Å². The molecule has 4 heteroatoms. The maximum Gasteiger partial charge on any atom is 0.158 e. The molecule has 2 heterocycles. The molecule has 0 fully saturated rings. The van der Waals surface area contributed by atoms with E-state index in [9.17, 15) is 0 Å². The highest BCUT2D eigenvalue weighted by Crippen LogP contribution is 2.18. The predicted molar refractivity (Wildman–Crippen MR) is 77.5 cm³/mol. The van der Waals surface area contributed by atoms with E-state index in [0.717, 1.165) is 23.6 Å². The summed E-state index contributed by atoms with van der Waals surface area (Å²) in [5, 5.41) is 7.84. The Bertz CT molecular complexity index is 570. The lowest BCUT2D eigenvalue weighted by atomic mass is 10.1. The van der Waals surface area contributed by atoms with Crippen molar-refractivity contribution >= 4 is 0 Å². The first-order valence-corrected chi connectivity index (χ1v) is 6.69. The zero-order valence-corrected chi connectivity index (χ0v) is 12.4. The van der Waals surface area contributed by atoms with Crippen LogP contribution in [0.5, 0.6) is 0 Å². The van der Waals surface area contributed by atoms with Crippen LogP contribution in [0.4, 0.5) is 0 Å². The van der Waals surface area contributed by atoms with E-state index in [4.69, 9.17) is 0 Å². The van der Waals surface area contributed by atoms with Crippen LogP contribution in [0.15, 0.2) is 18.5 Å². The topological polar surface area (TPSA) is 42.7 Å². The summed E-state index contributed by atoms with van der Waals surface area (Å²) in [5.74, 6) is 0.929. The van der Waals surface area contributed by atoms with Crippen LogP contribution < -0.4 is 5.32 Å². The number of nitrogens with one attached hydrogen (secondary N) is 1. The molecule has 2 rings (SSSR count). The second kappa shape index (κ2) is 5.53. The first-order chi connectivity index (χ1) is 8.97. The number of hydrogen-bond acceptors (Lipinski definition) is 3. The molecule has 0 atom stereocenters. The first-order valence-electron chi connectivity index (χ1n) is 6.69. The van der Waals surface area contributed by atoms with Crippen LogP contribution in [0, 0.1) is 20.8 Å². The molecule has 0 aliphatic carbocycles. The Labute approximate surface area is 114 Å². The summed E-state index contributed by atoms with van der Waals surface area (Å²) in [6.45, 7) is 11.3. The third-order valence-corrected chi connectivity index (χ3v) is 3.07. The summed E-state index contributed by atoms with van der Waals surface area (Å²) in [6, 6.07) is 2.57. The lowest BCUT2D eigenvalue weighted by Gasteiger charge is -2.15. The second-order valence-electron chi connectivity index (χ2n) is 5.38. The Kier molecular flexibility index (Phi) is 4.00. The van der Waals surface area contributed by atoms with Gasteiger partial charge in [-0.25, -0.2) is 9.67 Å². The van der Waals surface area contributed by atoms with Crippen molar-refractivity contribution in [3.63, 3.8) is 0 Å². The van der Waals surface area contributed by atoms with Gasteiger partial charge in [0.2, 0.25) is 0 Å². The zero-order valence-electron chi connectivity index (χ0n) is 12.4. The zero-order chi connectivity index (χ0) is 14.0. The molecule has 0 spiro atoms. The average Bonchev–Trinajstić information content (AvgIpc) is 2.73. The number of pyridine rings is 1. The van der Waals surface area contributed by atoms with Crippen LogP contribution in [-0.4, -0.2) is 20.8 Å². The lowest BCUT2D eigenvalue weighted by molar-refractivity contribution is 0.583. The molecule has 2 aromatic heterocycles. The molecule has 1 N–H and O–H groups in total. The quantitative estimate of drug-likeness (QED) is 0.917. The number of aromatic nitrogens is 3. The molecule has 19 heavy (non-hydrogen) atoms. The van der Waals surface area contributed by atoms with Gasteiger partial charge in [0.25, 0.3) is 0 Å². The van der Waals surface area contributed by atoms with E-state index in [0.29, 0.717) is 6.04 Å². The fourth-order valence-electron chi connectivity index (χ4n) is 2.09. The van der Waals surface area contributed by atoms with Gasteiger partial charge < -0.3 is 5.32 Å². The minimum atomic E-state index is 0.452. The molecule has 0 unspecified atom stereocenters. The van der Waals surface area contributed by atoms with Crippen LogP contribution in [0.25, 0.3) is 5.82 Å². The molecule has 2 aromatic rings. The summed E-state index contributed by atoms with van der Waals surface area (Å²) in [4.78, 5) is 4.66. The smallest absolute Gasteiger partial charge is 0.158 e. The number of aryl methyl sites for hydroxylation is 3. The lowest BCUT2D eigenvalue weighted by Crippen LogP contribution is -2.24. The number of rotatable bonds is 4. The molecule has 0 bridgehead atoms. The Morgan fingerprint density at radius 2 is 2.00 bits per heavy atom. The molecule has 0 saturated carbocycles. The first kappa shape index (κ1) is 13.7. The van der Waals surface area contributed by atoms with Crippen molar-refractivity contribution in [2.45, 2.75) is 47.2 Å². The van der Waals surface area contributed by atoms with Crippen molar-refractivity contribution in [2.24, 2.45) is 0 Å². The van der Waals surface area contributed by atoms with Gasteiger partial charge in [-0.1, -0.05) is 13.8 Å². The van der Waals surface area contributed by atoms with Crippen LogP contribution in [0.2, 0.25) is 0 Å². The van der Waals surface area contributed by atoms with E-state index in [1.165, 1.54) is 11.1 Å². The fourth-order valence-corrected chi connectivity index (χ4v) is 2.09. The molecular formula is C15H22N4. The van der Waals surface area contributed by atoms with Crippen molar-refractivity contribution in [3.05, 3.63) is 40.8 Å². The number of nitrogens with zero attached hydrogens (tertiary/aromatic N) is 3. The molecule has 102 valence electrons. The molecule has 0 saturated heterocycles. The largest absolute Gasteiger partial charge is 0.310 e. The van der Waals surface area contributed by atoms with Gasteiger partial charge >= 0.3 is 0 Å². The van der Waals surface area contributed by atoms with Gasteiger partial charge in [-0.15, -0.1) is 0 Å². The highest BCUT2D eigenvalue weighted by atomic mass is 15.3. The average molecular weight is 258 g/mol. The van der Waals surface area contributed by atoms with Crippen molar-refractivity contribution in [1.29, 1.82) is 0 Å². The van der Waals surface area contributed by atoms with Crippen molar-refractivity contribution in [2.75, 3.05) is 0 Å². The normalized spacial score (nSPS) is 11.3. The summed E-state index contributed by atoms with van der Waals surface area (Å²) in [5.41, 5.74) is 4.63. The molecule has 0 radical (unpaired) electrons. The van der Waals surface area contributed by atoms with E-state index in [2.05, 4.69) is 42.2 Å². The monoisotopic (exact) mass is 258 g/mol. The predicted octanol–water partition coefficient (Wildman–Crippen LogP) is 2.69. The SMILES string of the molecule is Cc1cnn(-c2nc(C)cc(C)c2CNC(C)C)c1. The van der Waals surface area contributed by atoms with Crippen LogP contribution >= 0.6 is 0 Å². The summed E-state index contributed by atoms with van der Waals surface area (Å²) in [7, 11) is 0. The minimum Gasteiger partial charge on any atom is -0.310 e. The second-order valence-corrected chi connectivity index (χ2v) is 5.38. The Morgan fingerprint density at radius 1 is 1.26 bits per heavy atom. The molecule has 0 amide bonds. The third-order valence-electron chi connectivity index (χ3n) is 3.07. The number of hydrogen-bond donors (Lipinski definition) is 1. The van der Waals surface area contributed by atoms with Crippen molar-refractivity contribution < 1.29 is 0 Å². The van der Waals surface area contributed by atoms with Gasteiger partial charge in [0.1, 0.15) is 0 Å². The molecule has 0 aliphatic heterocycles.